The highest BCUT2D eigenvalue weighted by Gasteiger charge is 2.04. The summed E-state index contributed by atoms with van der Waals surface area (Å²) in [4.78, 5) is 21.5. The first-order chi connectivity index (χ1) is 7.27. The third-order valence-electron chi connectivity index (χ3n) is 1.78. The Hall–Kier alpha value is -1.89. The number of nitrogens with one attached hydrogen (secondary N) is 2. The zero-order valence-corrected chi connectivity index (χ0v) is 8.54. The average Bonchev–Trinajstić information content (AvgIpc) is 2.73. The molecule has 7 heteroatoms. The van der Waals surface area contributed by atoms with Gasteiger partial charge in [-0.2, -0.15) is 0 Å². The minimum atomic E-state index is -0.341. The van der Waals surface area contributed by atoms with Gasteiger partial charge in [0, 0.05) is 11.6 Å². The summed E-state index contributed by atoms with van der Waals surface area (Å²) in [5.74, 6) is 0.383. The molecule has 2 heterocycles. The molecule has 15 heavy (non-hydrogen) atoms. The van der Waals surface area contributed by atoms with Crippen LogP contribution in [0.1, 0.15) is 5.01 Å². The molecule has 0 aromatic carbocycles. The van der Waals surface area contributed by atoms with Crippen LogP contribution in [0.15, 0.2) is 22.7 Å². The normalized spacial score (nSPS) is 10.1. The maximum Gasteiger partial charge on any atom is 0.276 e. The molecule has 78 valence electrons. The molecule has 6 nitrogen and oxygen atoms in total. The van der Waals surface area contributed by atoms with Gasteiger partial charge in [0.1, 0.15) is 10.7 Å². The minimum absolute atomic E-state index is 0.0917. The Bertz CT molecular complexity index is 492. The number of aromatic amines is 1. The van der Waals surface area contributed by atoms with Crippen LogP contribution >= 0.6 is 11.3 Å². The second kappa shape index (κ2) is 4.09. The molecule has 0 aliphatic heterocycles. The van der Waals surface area contributed by atoms with E-state index in [9.17, 15) is 4.79 Å². The number of nitrogens with two attached hydrogens (primary N) is 1. The molecule has 0 atom stereocenters. The fourth-order valence-corrected chi connectivity index (χ4v) is 1.61. The molecule has 2 aromatic rings. The van der Waals surface area contributed by atoms with Gasteiger partial charge in [-0.15, -0.1) is 11.3 Å². The topological polar surface area (TPSA) is 96.7 Å². The van der Waals surface area contributed by atoms with Gasteiger partial charge in [-0.1, -0.05) is 0 Å². The Balaban J connectivity index is 2.12. The molecule has 0 aliphatic rings. The van der Waals surface area contributed by atoms with Crippen molar-refractivity contribution in [1.82, 2.24) is 15.0 Å². The van der Waals surface area contributed by atoms with Gasteiger partial charge in [-0.05, 0) is 0 Å². The number of nitrogen functional groups attached to an aromatic ring is 1. The Morgan fingerprint density at radius 2 is 2.40 bits per heavy atom. The molecular formula is C8H9N5OS. The number of hydrogen-bond acceptors (Lipinski definition) is 6. The van der Waals surface area contributed by atoms with Crippen molar-refractivity contribution >= 4 is 22.8 Å². The maximum absolute atomic E-state index is 11.1. The first kappa shape index (κ1) is 9.66. The van der Waals surface area contributed by atoms with E-state index in [1.165, 1.54) is 17.7 Å². The van der Waals surface area contributed by atoms with Crippen LogP contribution in [0.3, 0.4) is 0 Å². The van der Waals surface area contributed by atoms with Gasteiger partial charge >= 0.3 is 0 Å². The summed E-state index contributed by atoms with van der Waals surface area (Å²) in [7, 11) is 0. The van der Waals surface area contributed by atoms with Crippen molar-refractivity contribution in [3.8, 4) is 0 Å². The van der Waals surface area contributed by atoms with Crippen molar-refractivity contribution in [3.63, 3.8) is 0 Å². The van der Waals surface area contributed by atoms with Crippen molar-refractivity contribution in [2.45, 2.75) is 6.54 Å². The van der Waals surface area contributed by atoms with E-state index in [2.05, 4.69) is 20.3 Å². The van der Waals surface area contributed by atoms with Gasteiger partial charge in [-0.25, -0.2) is 9.97 Å². The standard InChI is InChI=1S/C8H9N5OS/c9-6-7(12-4-13-8(6)14)11-3-5-10-1-2-15-5/h1-2,4H,3,9H2,(H2,11,12,13,14). The number of rotatable bonds is 3. The zero-order chi connectivity index (χ0) is 10.7. The van der Waals surface area contributed by atoms with Crippen molar-refractivity contribution in [1.29, 1.82) is 0 Å². The molecule has 0 saturated carbocycles. The molecular weight excluding hydrogens is 214 g/mol. The van der Waals surface area contributed by atoms with E-state index in [4.69, 9.17) is 5.73 Å². The highest BCUT2D eigenvalue weighted by molar-refractivity contribution is 7.09. The molecule has 0 amide bonds. The number of H-pyrrole nitrogens is 1. The fraction of sp³-hybridized carbons (Fsp3) is 0.125. The Morgan fingerprint density at radius 3 is 3.13 bits per heavy atom. The molecule has 2 aromatic heterocycles. The van der Waals surface area contributed by atoms with Gasteiger partial charge < -0.3 is 16.0 Å². The largest absolute Gasteiger partial charge is 0.391 e. The van der Waals surface area contributed by atoms with E-state index >= 15 is 0 Å². The maximum atomic E-state index is 11.1. The van der Waals surface area contributed by atoms with Gasteiger partial charge in [-0.3, -0.25) is 4.79 Å². The van der Waals surface area contributed by atoms with Crippen LogP contribution in [0, 0.1) is 0 Å². The fourth-order valence-electron chi connectivity index (χ4n) is 1.05. The molecule has 0 aliphatic carbocycles. The number of anilines is 2. The molecule has 0 fully saturated rings. The van der Waals surface area contributed by atoms with E-state index in [0.29, 0.717) is 12.4 Å². The van der Waals surface area contributed by atoms with Crippen LogP contribution in [-0.2, 0) is 6.54 Å². The lowest BCUT2D eigenvalue weighted by Crippen LogP contribution is -2.16. The second-order valence-corrected chi connectivity index (χ2v) is 3.75. The molecule has 0 bridgehead atoms. The first-order valence-corrected chi connectivity index (χ1v) is 5.11. The smallest absolute Gasteiger partial charge is 0.276 e. The molecule has 0 radical (unpaired) electrons. The van der Waals surface area contributed by atoms with Crippen molar-refractivity contribution in [2.24, 2.45) is 0 Å². The summed E-state index contributed by atoms with van der Waals surface area (Å²) >= 11 is 1.52. The Morgan fingerprint density at radius 1 is 1.53 bits per heavy atom. The summed E-state index contributed by atoms with van der Waals surface area (Å²) in [6.45, 7) is 0.512. The van der Waals surface area contributed by atoms with Crippen molar-refractivity contribution in [3.05, 3.63) is 33.3 Å². The summed E-state index contributed by atoms with van der Waals surface area (Å²) in [5.41, 5.74) is 5.29. The highest BCUT2D eigenvalue weighted by Crippen LogP contribution is 2.10. The molecule has 0 unspecified atom stereocenters. The van der Waals surface area contributed by atoms with Crippen molar-refractivity contribution in [2.75, 3.05) is 11.1 Å². The van der Waals surface area contributed by atoms with Gasteiger partial charge in [0.2, 0.25) is 0 Å². The third kappa shape index (κ3) is 2.13. The summed E-state index contributed by atoms with van der Waals surface area (Å²) in [5, 5.41) is 5.74. The number of nitrogens with zero attached hydrogens (tertiary/aromatic N) is 2. The number of aromatic nitrogens is 3. The number of thiazole rings is 1. The summed E-state index contributed by atoms with van der Waals surface area (Å²) < 4.78 is 0. The monoisotopic (exact) mass is 223 g/mol. The van der Waals surface area contributed by atoms with Crippen LogP contribution in [-0.4, -0.2) is 15.0 Å². The highest BCUT2D eigenvalue weighted by atomic mass is 32.1. The lowest BCUT2D eigenvalue weighted by atomic mass is 10.4. The first-order valence-electron chi connectivity index (χ1n) is 4.23. The van der Waals surface area contributed by atoms with E-state index in [0.717, 1.165) is 5.01 Å². The van der Waals surface area contributed by atoms with Crippen LogP contribution < -0.4 is 16.6 Å². The molecule has 0 spiro atoms. The third-order valence-corrected chi connectivity index (χ3v) is 2.56. The van der Waals surface area contributed by atoms with Gasteiger partial charge in [0.15, 0.2) is 5.82 Å². The minimum Gasteiger partial charge on any atom is -0.391 e. The Kier molecular flexibility index (Phi) is 2.64. The summed E-state index contributed by atoms with van der Waals surface area (Å²) in [6, 6.07) is 0. The number of hydrogen-bond donors (Lipinski definition) is 3. The van der Waals surface area contributed by atoms with Crippen LogP contribution in [0.2, 0.25) is 0 Å². The van der Waals surface area contributed by atoms with Crippen molar-refractivity contribution < 1.29 is 0 Å². The predicted molar refractivity (Wildman–Crippen MR) is 58.7 cm³/mol. The van der Waals surface area contributed by atoms with E-state index in [1.807, 2.05) is 5.38 Å². The van der Waals surface area contributed by atoms with Crippen LogP contribution in [0.4, 0.5) is 11.5 Å². The quantitative estimate of drug-likeness (QED) is 0.700. The van der Waals surface area contributed by atoms with Gasteiger partial charge in [0.05, 0.1) is 12.9 Å². The van der Waals surface area contributed by atoms with Gasteiger partial charge in [0.25, 0.3) is 5.56 Å². The predicted octanol–water partition coefficient (Wildman–Crippen LogP) is 0.421. The zero-order valence-electron chi connectivity index (χ0n) is 7.73. The van der Waals surface area contributed by atoms with E-state index < -0.39 is 0 Å². The molecule has 2 rings (SSSR count). The SMILES string of the molecule is Nc1c(NCc2nccs2)nc[nH]c1=O. The van der Waals surface area contributed by atoms with E-state index in [1.54, 1.807) is 6.20 Å². The molecule has 4 N–H and O–H groups in total. The molecule has 0 saturated heterocycles. The van der Waals surface area contributed by atoms with Crippen LogP contribution in [0.5, 0.6) is 0 Å². The summed E-state index contributed by atoms with van der Waals surface area (Å²) in [6.07, 6.45) is 3.03. The second-order valence-electron chi connectivity index (χ2n) is 2.77. The van der Waals surface area contributed by atoms with Crippen LogP contribution in [0.25, 0.3) is 0 Å². The average molecular weight is 223 g/mol. The van der Waals surface area contributed by atoms with E-state index in [-0.39, 0.29) is 11.2 Å². The lowest BCUT2D eigenvalue weighted by Gasteiger charge is -2.04. The lowest BCUT2D eigenvalue weighted by molar-refractivity contribution is 1.05. The Labute approximate surface area is 89.2 Å².